The molecule has 0 aliphatic carbocycles. The summed E-state index contributed by atoms with van der Waals surface area (Å²) in [4.78, 5) is 0. The first-order chi connectivity index (χ1) is 12.6. The van der Waals surface area contributed by atoms with Crippen molar-refractivity contribution in [3.8, 4) is 0 Å². The maximum Gasteiger partial charge on any atom is 0.0633 e. The largest absolute Gasteiger partial charge is 0.314 e. The molecule has 0 aromatic rings. The van der Waals surface area contributed by atoms with Gasteiger partial charge in [-0.1, -0.05) is 136 Å². The van der Waals surface area contributed by atoms with Crippen molar-refractivity contribution in [3.05, 3.63) is 0 Å². The Morgan fingerprint density at radius 2 is 0.692 bits per heavy atom. The normalized spacial score (nSPS) is 12.0. The monoisotopic (exact) mass is 368 g/mol. The highest BCUT2D eigenvalue weighted by molar-refractivity contribution is 4.73. The van der Waals surface area contributed by atoms with E-state index in [0.717, 1.165) is 12.8 Å². The Morgan fingerprint density at radius 1 is 0.423 bits per heavy atom. The predicted octanol–water partition coefficient (Wildman–Crippen LogP) is 7.83. The van der Waals surface area contributed by atoms with E-state index in [9.17, 15) is 0 Å². The van der Waals surface area contributed by atoms with E-state index in [0.29, 0.717) is 0 Å². The molecule has 0 bridgehead atoms. The zero-order valence-corrected chi connectivity index (χ0v) is 18.5. The van der Waals surface area contributed by atoms with E-state index in [1.54, 1.807) is 0 Å². The summed E-state index contributed by atoms with van der Waals surface area (Å²) in [5.41, 5.74) is 11.5. The Hall–Kier alpha value is -0.0800. The highest BCUT2D eigenvalue weighted by Crippen LogP contribution is 2.16. The van der Waals surface area contributed by atoms with Gasteiger partial charge in [0, 0.05) is 0 Å². The van der Waals surface area contributed by atoms with Gasteiger partial charge in [-0.3, -0.25) is 0 Å². The molecule has 4 N–H and O–H groups in total. The maximum absolute atomic E-state index is 5.97. The Bertz CT molecular complexity index is 263. The molecule has 0 saturated carbocycles. The third-order valence-corrected chi connectivity index (χ3v) is 5.90. The Kier molecular flexibility index (Phi) is 19.6. The van der Waals surface area contributed by atoms with Gasteiger partial charge in [-0.2, -0.15) is 0 Å². The minimum atomic E-state index is -0.422. The molecule has 158 valence electrons. The fraction of sp³-hybridized carbons (Fsp3) is 1.00. The zero-order valence-electron chi connectivity index (χ0n) is 18.5. The molecule has 2 nitrogen and oxygen atoms in total. The smallest absolute Gasteiger partial charge is 0.0633 e. The Balaban J connectivity index is 3.05. The summed E-state index contributed by atoms with van der Waals surface area (Å²) >= 11 is 0. The van der Waals surface area contributed by atoms with Crippen molar-refractivity contribution in [2.45, 2.75) is 154 Å². The van der Waals surface area contributed by atoms with E-state index in [1.165, 1.54) is 122 Å². The van der Waals surface area contributed by atoms with Crippen LogP contribution in [0.4, 0.5) is 0 Å². The first-order valence-electron chi connectivity index (χ1n) is 12.2. The number of hydrogen-bond acceptors (Lipinski definition) is 2. The van der Waals surface area contributed by atoms with Gasteiger partial charge in [0.15, 0.2) is 0 Å². The Morgan fingerprint density at radius 3 is 0.962 bits per heavy atom. The lowest BCUT2D eigenvalue weighted by molar-refractivity contribution is 0.374. The summed E-state index contributed by atoms with van der Waals surface area (Å²) < 4.78 is 0. The highest BCUT2D eigenvalue weighted by atomic mass is 14.9. The molecule has 0 radical (unpaired) electrons. The van der Waals surface area contributed by atoms with Crippen LogP contribution in [0.2, 0.25) is 0 Å². The summed E-state index contributed by atoms with van der Waals surface area (Å²) in [6, 6.07) is 0. The summed E-state index contributed by atoms with van der Waals surface area (Å²) in [6.07, 6.45) is 28.9. The molecule has 0 saturated heterocycles. The molecular formula is C24H52N2. The van der Waals surface area contributed by atoms with Gasteiger partial charge >= 0.3 is 0 Å². The van der Waals surface area contributed by atoms with E-state index in [4.69, 9.17) is 11.5 Å². The second kappa shape index (κ2) is 19.7. The van der Waals surface area contributed by atoms with Gasteiger partial charge in [0.25, 0.3) is 0 Å². The lowest BCUT2D eigenvalue weighted by Crippen LogP contribution is -2.48. The number of rotatable bonds is 21. The lowest BCUT2D eigenvalue weighted by Gasteiger charge is -2.22. The second-order valence-electron chi connectivity index (χ2n) is 8.70. The zero-order chi connectivity index (χ0) is 19.3. The van der Waals surface area contributed by atoms with Crippen molar-refractivity contribution in [2.75, 3.05) is 0 Å². The molecule has 0 aromatic heterocycles. The van der Waals surface area contributed by atoms with E-state index in [1.807, 2.05) is 0 Å². The van der Waals surface area contributed by atoms with Gasteiger partial charge in [0.1, 0.15) is 0 Å². The molecule has 0 fully saturated rings. The molecule has 0 atom stereocenters. The van der Waals surface area contributed by atoms with Crippen molar-refractivity contribution in [2.24, 2.45) is 11.5 Å². The van der Waals surface area contributed by atoms with E-state index >= 15 is 0 Å². The SMILES string of the molecule is CCCCCCCCCCCCCCCCCCCCCC(N)(N)CC. The van der Waals surface area contributed by atoms with Crippen LogP contribution in [0.25, 0.3) is 0 Å². The van der Waals surface area contributed by atoms with Crippen LogP contribution in [0.15, 0.2) is 0 Å². The highest BCUT2D eigenvalue weighted by Gasteiger charge is 2.14. The van der Waals surface area contributed by atoms with Crippen LogP contribution < -0.4 is 11.5 Å². The van der Waals surface area contributed by atoms with Crippen molar-refractivity contribution >= 4 is 0 Å². The molecule has 0 amide bonds. The molecule has 0 aliphatic heterocycles. The molecule has 0 aromatic carbocycles. The van der Waals surface area contributed by atoms with Crippen LogP contribution in [-0.2, 0) is 0 Å². The van der Waals surface area contributed by atoms with Crippen molar-refractivity contribution in [3.63, 3.8) is 0 Å². The van der Waals surface area contributed by atoms with E-state index in [-0.39, 0.29) is 0 Å². The maximum atomic E-state index is 5.97. The average Bonchev–Trinajstić information content (AvgIpc) is 2.63. The third kappa shape index (κ3) is 20.2. The third-order valence-electron chi connectivity index (χ3n) is 5.90. The van der Waals surface area contributed by atoms with Crippen molar-refractivity contribution in [1.29, 1.82) is 0 Å². The van der Waals surface area contributed by atoms with Gasteiger partial charge in [-0.05, 0) is 12.8 Å². The molecule has 0 aliphatic rings. The molecule has 0 rings (SSSR count). The van der Waals surface area contributed by atoms with Crippen molar-refractivity contribution < 1.29 is 0 Å². The summed E-state index contributed by atoms with van der Waals surface area (Å²) in [5, 5.41) is 0. The van der Waals surface area contributed by atoms with Gasteiger partial charge in [0.2, 0.25) is 0 Å². The van der Waals surface area contributed by atoms with Crippen LogP contribution >= 0.6 is 0 Å². The summed E-state index contributed by atoms with van der Waals surface area (Å²) in [7, 11) is 0. The molecular weight excluding hydrogens is 316 g/mol. The first kappa shape index (κ1) is 25.9. The topological polar surface area (TPSA) is 52.0 Å². The van der Waals surface area contributed by atoms with E-state index in [2.05, 4.69) is 13.8 Å². The van der Waals surface area contributed by atoms with Crippen LogP contribution in [0.5, 0.6) is 0 Å². The van der Waals surface area contributed by atoms with Gasteiger partial charge in [0.05, 0.1) is 5.66 Å². The minimum Gasteiger partial charge on any atom is -0.314 e. The first-order valence-corrected chi connectivity index (χ1v) is 12.2. The molecule has 0 spiro atoms. The molecule has 0 heterocycles. The van der Waals surface area contributed by atoms with Crippen molar-refractivity contribution in [1.82, 2.24) is 0 Å². The predicted molar refractivity (Wildman–Crippen MR) is 119 cm³/mol. The van der Waals surface area contributed by atoms with Gasteiger partial charge < -0.3 is 11.5 Å². The quantitative estimate of drug-likeness (QED) is 0.160. The lowest BCUT2D eigenvalue weighted by atomic mass is 9.99. The summed E-state index contributed by atoms with van der Waals surface area (Å²) in [6.45, 7) is 4.37. The fourth-order valence-electron chi connectivity index (χ4n) is 3.71. The molecule has 2 heteroatoms. The van der Waals surface area contributed by atoms with Gasteiger partial charge in [-0.15, -0.1) is 0 Å². The number of hydrogen-bond donors (Lipinski definition) is 2. The van der Waals surface area contributed by atoms with E-state index < -0.39 is 5.66 Å². The van der Waals surface area contributed by atoms with Crippen LogP contribution in [0, 0.1) is 0 Å². The number of nitrogens with two attached hydrogens (primary N) is 2. The van der Waals surface area contributed by atoms with Crippen LogP contribution in [0.1, 0.15) is 149 Å². The van der Waals surface area contributed by atoms with Crippen LogP contribution in [-0.4, -0.2) is 5.66 Å². The van der Waals surface area contributed by atoms with Crippen LogP contribution in [0.3, 0.4) is 0 Å². The molecule has 26 heavy (non-hydrogen) atoms. The average molecular weight is 369 g/mol. The second-order valence-corrected chi connectivity index (χ2v) is 8.70. The minimum absolute atomic E-state index is 0.422. The number of unbranched alkanes of at least 4 members (excludes halogenated alkanes) is 18. The standard InChI is InChI=1S/C24H52N2/c1-3-5-6-7-8-9-10-11-12-13-14-15-16-17-18-19-20-21-22-23-24(25,26)4-2/h3-23,25-26H2,1-2H3. The van der Waals surface area contributed by atoms with Gasteiger partial charge in [-0.25, -0.2) is 0 Å². The molecule has 0 unspecified atom stereocenters. The Labute approximate surface area is 166 Å². The fourth-order valence-corrected chi connectivity index (χ4v) is 3.71. The summed E-state index contributed by atoms with van der Waals surface area (Å²) in [5.74, 6) is 0.